The van der Waals surface area contributed by atoms with Crippen molar-refractivity contribution in [2.75, 3.05) is 26.7 Å². The average Bonchev–Trinajstić information content (AvgIpc) is 2.99. The number of carbonyl (C=O) groups is 2. The van der Waals surface area contributed by atoms with Crippen LogP contribution in [0, 0.1) is 0 Å². The number of fused-ring (bicyclic) bond motifs is 1. The molecule has 2 aromatic rings. The van der Waals surface area contributed by atoms with Crippen LogP contribution in [0.2, 0.25) is 5.02 Å². The molecule has 0 saturated carbocycles. The minimum absolute atomic E-state index is 0.0224. The Morgan fingerprint density at radius 2 is 2.04 bits per heavy atom. The molecule has 1 aliphatic heterocycles. The van der Waals surface area contributed by atoms with Crippen LogP contribution in [-0.2, 0) is 4.79 Å². The van der Waals surface area contributed by atoms with Gasteiger partial charge in [0.25, 0.3) is 5.91 Å². The number of nitrogens with one attached hydrogen (secondary N) is 3. The van der Waals surface area contributed by atoms with Gasteiger partial charge in [-0.25, -0.2) is 0 Å². The van der Waals surface area contributed by atoms with Crippen molar-refractivity contribution in [2.24, 2.45) is 0 Å². The maximum Gasteiger partial charge on any atom is 0.267 e. The molecule has 2 amide bonds. The average molecular weight is 349 g/mol. The van der Waals surface area contributed by atoms with Gasteiger partial charge in [0.05, 0.1) is 6.54 Å². The van der Waals surface area contributed by atoms with Gasteiger partial charge in [-0.1, -0.05) is 11.6 Å². The minimum Gasteiger partial charge on any atom is -0.358 e. The first-order chi connectivity index (χ1) is 11.5. The van der Waals surface area contributed by atoms with E-state index in [1.54, 1.807) is 13.1 Å². The molecular weight excluding hydrogens is 328 g/mol. The van der Waals surface area contributed by atoms with E-state index in [1.807, 2.05) is 18.2 Å². The van der Waals surface area contributed by atoms with E-state index in [2.05, 4.69) is 20.5 Å². The van der Waals surface area contributed by atoms with Crippen LogP contribution >= 0.6 is 11.6 Å². The van der Waals surface area contributed by atoms with Crippen molar-refractivity contribution in [3.05, 3.63) is 35.0 Å². The van der Waals surface area contributed by atoms with Gasteiger partial charge in [0.15, 0.2) is 0 Å². The van der Waals surface area contributed by atoms with Gasteiger partial charge < -0.3 is 15.6 Å². The van der Waals surface area contributed by atoms with Crippen LogP contribution in [-0.4, -0.2) is 54.4 Å². The van der Waals surface area contributed by atoms with Crippen molar-refractivity contribution in [3.8, 4) is 0 Å². The first-order valence-electron chi connectivity index (χ1n) is 8.07. The number of piperidine rings is 1. The highest BCUT2D eigenvalue weighted by molar-refractivity contribution is 6.31. The maximum atomic E-state index is 12.4. The summed E-state index contributed by atoms with van der Waals surface area (Å²) in [6.07, 6.45) is 1.68. The summed E-state index contributed by atoms with van der Waals surface area (Å²) in [4.78, 5) is 29.0. The Morgan fingerprint density at radius 3 is 2.75 bits per heavy atom. The molecule has 0 spiro atoms. The second kappa shape index (κ2) is 7.23. The summed E-state index contributed by atoms with van der Waals surface area (Å²) in [7, 11) is 1.64. The third-order valence-electron chi connectivity index (χ3n) is 4.40. The number of benzene rings is 1. The van der Waals surface area contributed by atoms with E-state index in [0.29, 0.717) is 17.3 Å². The SMILES string of the molecule is CNC(=O)CN1CCC(NC(=O)c2cc3cc(Cl)ccc3[nH]2)CC1. The van der Waals surface area contributed by atoms with Crippen molar-refractivity contribution >= 4 is 34.3 Å². The van der Waals surface area contributed by atoms with Crippen LogP contribution in [0.3, 0.4) is 0 Å². The fraction of sp³-hybridized carbons (Fsp3) is 0.412. The Balaban J connectivity index is 1.56. The molecule has 0 bridgehead atoms. The summed E-state index contributed by atoms with van der Waals surface area (Å²) >= 11 is 5.98. The van der Waals surface area contributed by atoms with E-state index in [-0.39, 0.29) is 17.9 Å². The predicted octanol–water partition coefficient (Wildman–Crippen LogP) is 1.76. The standard InChI is InChI=1S/C17H21ClN4O2/c1-19-16(23)10-22-6-4-13(5-7-22)20-17(24)15-9-11-8-12(18)2-3-14(11)21-15/h2-3,8-9,13,21H,4-7,10H2,1H3,(H,19,23)(H,20,24). The normalized spacial score (nSPS) is 16.2. The number of aromatic amines is 1. The molecular formula is C17H21ClN4O2. The van der Waals surface area contributed by atoms with Crippen LogP contribution in [0.15, 0.2) is 24.3 Å². The number of amides is 2. The highest BCUT2D eigenvalue weighted by Crippen LogP contribution is 2.20. The third-order valence-corrected chi connectivity index (χ3v) is 4.63. The van der Waals surface area contributed by atoms with Crippen molar-refractivity contribution in [1.82, 2.24) is 20.5 Å². The molecule has 2 heterocycles. The van der Waals surface area contributed by atoms with Gasteiger partial charge in [-0.05, 0) is 37.1 Å². The van der Waals surface area contributed by atoms with Crippen LogP contribution in [0.4, 0.5) is 0 Å². The fourth-order valence-electron chi connectivity index (χ4n) is 3.01. The van der Waals surface area contributed by atoms with Gasteiger partial charge >= 0.3 is 0 Å². The quantitative estimate of drug-likeness (QED) is 0.788. The number of carbonyl (C=O) groups excluding carboxylic acids is 2. The van der Waals surface area contributed by atoms with Crippen molar-refractivity contribution in [3.63, 3.8) is 0 Å². The zero-order chi connectivity index (χ0) is 17.1. The van der Waals surface area contributed by atoms with E-state index in [9.17, 15) is 9.59 Å². The molecule has 3 N–H and O–H groups in total. The Hall–Kier alpha value is -2.05. The third kappa shape index (κ3) is 3.88. The molecule has 0 unspecified atom stereocenters. The second-order valence-electron chi connectivity index (χ2n) is 6.11. The Kier molecular flexibility index (Phi) is 5.06. The molecule has 1 aromatic heterocycles. The zero-order valence-corrected chi connectivity index (χ0v) is 14.3. The summed E-state index contributed by atoms with van der Waals surface area (Å²) in [5.74, 6) is -0.0821. The van der Waals surface area contributed by atoms with Gasteiger partial charge in [0.2, 0.25) is 5.91 Å². The first-order valence-corrected chi connectivity index (χ1v) is 8.45. The Bertz CT molecular complexity index is 750. The molecule has 1 aromatic carbocycles. The predicted molar refractivity (Wildman–Crippen MR) is 94.3 cm³/mol. The molecule has 128 valence electrons. The smallest absolute Gasteiger partial charge is 0.267 e. The second-order valence-corrected chi connectivity index (χ2v) is 6.55. The number of hydrogen-bond acceptors (Lipinski definition) is 3. The highest BCUT2D eigenvalue weighted by atomic mass is 35.5. The number of H-pyrrole nitrogens is 1. The highest BCUT2D eigenvalue weighted by Gasteiger charge is 2.22. The lowest BCUT2D eigenvalue weighted by Crippen LogP contribution is -2.47. The lowest BCUT2D eigenvalue weighted by atomic mass is 10.0. The van der Waals surface area contributed by atoms with Gasteiger partial charge in [0.1, 0.15) is 5.69 Å². The number of aromatic nitrogens is 1. The zero-order valence-electron chi connectivity index (χ0n) is 13.6. The van der Waals surface area contributed by atoms with Gasteiger partial charge in [-0.15, -0.1) is 0 Å². The molecule has 3 rings (SSSR count). The number of rotatable bonds is 4. The van der Waals surface area contributed by atoms with E-state index in [0.717, 1.165) is 36.8 Å². The van der Waals surface area contributed by atoms with Crippen molar-refractivity contribution in [1.29, 1.82) is 0 Å². The topological polar surface area (TPSA) is 77.2 Å². The number of hydrogen-bond donors (Lipinski definition) is 3. The van der Waals surface area contributed by atoms with Crippen LogP contribution in [0.5, 0.6) is 0 Å². The Morgan fingerprint density at radius 1 is 1.29 bits per heavy atom. The fourth-order valence-corrected chi connectivity index (χ4v) is 3.19. The molecule has 0 radical (unpaired) electrons. The molecule has 0 atom stereocenters. The molecule has 7 heteroatoms. The van der Waals surface area contributed by atoms with Crippen LogP contribution < -0.4 is 10.6 Å². The first kappa shape index (κ1) is 16.8. The number of halogens is 1. The maximum absolute atomic E-state index is 12.4. The molecule has 1 aliphatic rings. The van der Waals surface area contributed by atoms with E-state index < -0.39 is 0 Å². The van der Waals surface area contributed by atoms with E-state index in [1.165, 1.54) is 0 Å². The lowest BCUT2D eigenvalue weighted by Gasteiger charge is -2.31. The van der Waals surface area contributed by atoms with E-state index >= 15 is 0 Å². The molecule has 6 nitrogen and oxygen atoms in total. The van der Waals surface area contributed by atoms with Crippen molar-refractivity contribution < 1.29 is 9.59 Å². The van der Waals surface area contributed by atoms with Crippen LogP contribution in [0.1, 0.15) is 23.3 Å². The number of nitrogens with zero attached hydrogens (tertiary/aromatic N) is 1. The van der Waals surface area contributed by atoms with Crippen LogP contribution in [0.25, 0.3) is 10.9 Å². The monoisotopic (exact) mass is 348 g/mol. The molecule has 1 saturated heterocycles. The lowest BCUT2D eigenvalue weighted by molar-refractivity contribution is -0.122. The van der Waals surface area contributed by atoms with E-state index in [4.69, 9.17) is 11.6 Å². The summed E-state index contributed by atoms with van der Waals surface area (Å²) < 4.78 is 0. The number of likely N-dealkylation sites (N-methyl/N-ethyl adjacent to an activating group) is 1. The Labute approximate surface area is 145 Å². The molecule has 0 aliphatic carbocycles. The molecule has 24 heavy (non-hydrogen) atoms. The van der Waals surface area contributed by atoms with Gasteiger partial charge in [-0.2, -0.15) is 0 Å². The number of likely N-dealkylation sites (tertiary alicyclic amines) is 1. The molecule has 1 fully saturated rings. The summed E-state index contributed by atoms with van der Waals surface area (Å²) in [6, 6.07) is 7.45. The minimum atomic E-state index is -0.105. The summed E-state index contributed by atoms with van der Waals surface area (Å²) in [6.45, 7) is 2.03. The van der Waals surface area contributed by atoms with Gasteiger partial charge in [0, 0.05) is 42.1 Å². The van der Waals surface area contributed by atoms with Crippen molar-refractivity contribution in [2.45, 2.75) is 18.9 Å². The largest absolute Gasteiger partial charge is 0.358 e. The summed E-state index contributed by atoms with van der Waals surface area (Å²) in [5.41, 5.74) is 1.44. The van der Waals surface area contributed by atoms with Gasteiger partial charge in [-0.3, -0.25) is 14.5 Å². The summed E-state index contributed by atoms with van der Waals surface area (Å²) in [5, 5.41) is 7.27.